The predicted octanol–water partition coefficient (Wildman–Crippen LogP) is 1.93. The number of anilines is 1. The maximum Gasteiger partial charge on any atom is 0.335 e. The first kappa shape index (κ1) is 14.8. The average Bonchev–Trinajstić information content (AvgIpc) is 2.41. The first-order valence-corrected chi connectivity index (χ1v) is 7.04. The molecule has 0 saturated carbocycles. The summed E-state index contributed by atoms with van der Waals surface area (Å²) >= 11 is 3.27. The van der Waals surface area contributed by atoms with Crippen LogP contribution in [0.15, 0.2) is 22.7 Å². The molecule has 0 bridgehead atoms. The van der Waals surface area contributed by atoms with Crippen LogP contribution in [-0.2, 0) is 0 Å². The minimum Gasteiger partial charge on any atom is -0.478 e. The molecule has 2 amide bonds. The summed E-state index contributed by atoms with van der Waals surface area (Å²) in [5.41, 5.74) is 0.744. The van der Waals surface area contributed by atoms with E-state index in [4.69, 9.17) is 5.11 Å². The Kier molecular flexibility index (Phi) is 4.61. The Bertz CT molecular complexity index is 528. The van der Waals surface area contributed by atoms with Gasteiger partial charge in [0.15, 0.2) is 0 Å². The first-order valence-electron chi connectivity index (χ1n) is 6.24. The number of hydrogen-bond acceptors (Lipinski definition) is 3. The molecule has 1 aromatic rings. The van der Waals surface area contributed by atoms with E-state index in [-0.39, 0.29) is 11.6 Å². The average molecular weight is 342 g/mol. The van der Waals surface area contributed by atoms with Crippen molar-refractivity contribution in [2.45, 2.75) is 0 Å². The third kappa shape index (κ3) is 3.49. The zero-order chi connectivity index (χ0) is 14.7. The minimum atomic E-state index is -0.998. The quantitative estimate of drug-likeness (QED) is 0.861. The predicted molar refractivity (Wildman–Crippen MR) is 79.2 cm³/mol. The number of rotatable bonds is 2. The van der Waals surface area contributed by atoms with Crippen LogP contribution in [-0.4, -0.2) is 60.1 Å². The number of hydrogen-bond donors (Lipinski definition) is 2. The van der Waals surface area contributed by atoms with E-state index in [1.54, 1.807) is 11.0 Å². The molecule has 7 heteroatoms. The lowest BCUT2D eigenvalue weighted by atomic mass is 10.2. The molecule has 0 aromatic heterocycles. The van der Waals surface area contributed by atoms with E-state index in [0.29, 0.717) is 23.2 Å². The number of halogens is 1. The molecule has 0 aliphatic carbocycles. The summed E-state index contributed by atoms with van der Waals surface area (Å²) in [7, 11) is 2.02. The third-order valence-corrected chi connectivity index (χ3v) is 3.90. The Morgan fingerprint density at radius 2 is 1.90 bits per heavy atom. The maximum absolute atomic E-state index is 12.1. The van der Waals surface area contributed by atoms with Crippen molar-refractivity contribution in [1.82, 2.24) is 9.80 Å². The lowest BCUT2D eigenvalue weighted by Crippen LogP contribution is -2.48. The van der Waals surface area contributed by atoms with Crippen LogP contribution in [0.25, 0.3) is 0 Å². The number of nitrogens with zero attached hydrogens (tertiary/aromatic N) is 2. The van der Waals surface area contributed by atoms with Crippen molar-refractivity contribution in [2.75, 3.05) is 38.5 Å². The van der Waals surface area contributed by atoms with Crippen LogP contribution in [0.5, 0.6) is 0 Å². The molecule has 108 valence electrons. The number of carboxylic acid groups (broad SMARTS) is 1. The second kappa shape index (κ2) is 6.23. The van der Waals surface area contributed by atoms with Gasteiger partial charge in [0.05, 0.1) is 11.3 Å². The Morgan fingerprint density at radius 3 is 2.45 bits per heavy atom. The van der Waals surface area contributed by atoms with E-state index in [9.17, 15) is 9.59 Å². The molecule has 1 aromatic carbocycles. The van der Waals surface area contributed by atoms with Crippen LogP contribution in [0.4, 0.5) is 10.5 Å². The molecule has 0 atom stereocenters. The topological polar surface area (TPSA) is 72.9 Å². The van der Waals surface area contributed by atoms with Gasteiger partial charge in [0.1, 0.15) is 0 Å². The molecule has 1 aliphatic heterocycles. The SMILES string of the molecule is CN1CCN(C(=O)Nc2ccc(C(=O)O)cc2Br)CC1. The number of carbonyl (C=O) groups excluding carboxylic acids is 1. The summed E-state index contributed by atoms with van der Waals surface area (Å²) < 4.78 is 0.555. The van der Waals surface area contributed by atoms with Crippen molar-refractivity contribution in [1.29, 1.82) is 0 Å². The number of amides is 2. The van der Waals surface area contributed by atoms with Crippen LogP contribution >= 0.6 is 15.9 Å². The van der Waals surface area contributed by atoms with Gasteiger partial charge in [-0.25, -0.2) is 9.59 Å². The molecule has 1 saturated heterocycles. The Labute approximate surface area is 125 Å². The Morgan fingerprint density at radius 1 is 1.25 bits per heavy atom. The van der Waals surface area contributed by atoms with E-state index < -0.39 is 5.97 Å². The molecule has 6 nitrogen and oxygen atoms in total. The lowest BCUT2D eigenvalue weighted by molar-refractivity contribution is 0.0697. The van der Waals surface area contributed by atoms with E-state index in [0.717, 1.165) is 13.1 Å². The molecule has 1 fully saturated rings. The molecule has 0 unspecified atom stereocenters. The number of urea groups is 1. The van der Waals surface area contributed by atoms with Crippen molar-refractivity contribution < 1.29 is 14.7 Å². The van der Waals surface area contributed by atoms with Gasteiger partial charge in [-0.15, -0.1) is 0 Å². The van der Waals surface area contributed by atoms with Gasteiger partial charge in [-0.1, -0.05) is 0 Å². The van der Waals surface area contributed by atoms with Crippen LogP contribution in [0.3, 0.4) is 0 Å². The molecule has 0 radical (unpaired) electrons. The van der Waals surface area contributed by atoms with Gasteiger partial charge in [-0.3, -0.25) is 0 Å². The molecule has 2 N–H and O–H groups in total. The summed E-state index contributed by atoms with van der Waals surface area (Å²) in [5.74, 6) is -0.998. The normalized spacial score (nSPS) is 16.0. The fraction of sp³-hybridized carbons (Fsp3) is 0.385. The minimum absolute atomic E-state index is 0.165. The number of piperazine rings is 1. The van der Waals surface area contributed by atoms with Gasteiger partial charge in [-0.2, -0.15) is 0 Å². The standard InChI is InChI=1S/C13H16BrN3O3/c1-16-4-6-17(7-5-16)13(20)15-11-3-2-9(12(18)19)8-10(11)14/h2-3,8H,4-7H2,1H3,(H,15,20)(H,18,19). The molecular weight excluding hydrogens is 326 g/mol. The molecule has 1 aliphatic rings. The molecular formula is C13H16BrN3O3. The van der Waals surface area contributed by atoms with Gasteiger partial charge < -0.3 is 20.2 Å². The highest BCUT2D eigenvalue weighted by Crippen LogP contribution is 2.24. The third-order valence-electron chi connectivity index (χ3n) is 3.25. The summed E-state index contributed by atoms with van der Waals surface area (Å²) in [6.45, 7) is 3.08. The van der Waals surface area contributed by atoms with Gasteiger partial charge in [0.2, 0.25) is 0 Å². The summed E-state index contributed by atoms with van der Waals surface area (Å²) in [5, 5.41) is 11.7. The lowest BCUT2D eigenvalue weighted by Gasteiger charge is -2.32. The van der Waals surface area contributed by atoms with Crippen LogP contribution in [0.1, 0.15) is 10.4 Å². The second-order valence-electron chi connectivity index (χ2n) is 4.72. The van der Waals surface area contributed by atoms with Crippen LogP contribution in [0.2, 0.25) is 0 Å². The highest BCUT2D eigenvalue weighted by Gasteiger charge is 2.19. The van der Waals surface area contributed by atoms with Crippen molar-refractivity contribution in [2.24, 2.45) is 0 Å². The Hall–Kier alpha value is -1.60. The van der Waals surface area contributed by atoms with Crippen molar-refractivity contribution >= 4 is 33.6 Å². The monoisotopic (exact) mass is 341 g/mol. The largest absolute Gasteiger partial charge is 0.478 e. The van der Waals surface area contributed by atoms with Crippen molar-refractivity contribution in [3.05, 3.63) is 28.2 Å². The molecule has 2 rings (SSSR count). The van der Waals surface area contributed by atoms with Gasteiger partial charge in [-0.05, 0) is 41.2 Å². The zero-order valence-corrected chi connectivity index (χ0v) is 12.7. The van der Waals surface area contributed by atoms with E-state index >= 15 is 0 Å². The van der Waals surface area contributed by atoms with Crippen molar-refractivity contribution in [3.63, 3.8) is 0 Å². The van der Waals surface area contributed by atoms with Crippen molar-refractivity contribution in [3.8, 4) is 0 Å². The van der Waals surface area contributed by atoms with E-state index in [2.05, 4.69) is 26.1 Å². The summed E-state index contributed by atoms with van der Waals surface area (Å²) in [4.78, 5) is 26.9. The van der Waals surface area contributed by atoms with Gasteiger partial charge >= 0.3 is 12.0 Å². The van der Waals surface area contributed by atoms with Gasteiger partial charge in [0.25, 0.3) is 0 Å². The zero-order valence-electron chi connectivity index (χ0n) is 11.1. The van der Waals surface area contributed by atoms with Crippen LogP contribution in [0, 0.1) is 0 Å². The first-order chi connectivity index (χ1) is 9.47. The number of carbonyl (C=O) groups is 2. The fourth-order valence-electron chi connectivity index (χ4n) is 1.95. The van der Waals surface area contributed by atoms with E-state index in [1.165, 1.54) is 12.1 Å². The summed E-state index contributed by atoms with van der Waals surface area (Å²) in [6.07, 6.45) is 0. The number of likely N-dealkylation sites (N-methyl/N-ethyl adjacent to an activating group) is 1. The highest BCUT2D eigenvalue weighted by molar-refractivity contribution is 9.10. The summed E-state index contributed by atoms with van der Waals surface area (Å²) in [6, 6.07) is 4.36. The molecule has 1 heterocycles. The number of nitrogens with one attached hydrogen (secondary N) is 1. The molecule has 0 spiro atoms. The smallest absolute Gasteiger partial charge is 0.335 e. The second-order valence-corrected chi connectivity index (χ2v) is 5.57. The van der Waals surface area contributed by atoms with Gasteiger partial charge in [0, 0.05) is 30.7 Å². The Balaban J connectivity index is 2.02. The maximum atomic E-state index is 12.1. The van der Waals surface area contributed by atoms with Crippen LogP contribution < -0.4 is 5.32 Å². The van der Waals surface area contributed by atoms with E-state index in [1.807, 2.05) is 7.05 Å². The number of aromatic carboxylic acids is 1. The number of carboxylic acids is 1. The molecule has 20 heavy (non-hydrogen) atoms. The fourth-order valence-corrected chi connectivity index (χ4v) is 2.43. The number of benzene rings is 1. The highest BCUT2D eigenvalue weighted by atomic mass is 79.9.